The first kappa shape index (κ1) is 16.6. The highest BCUT2D eigenvalue weighted by Crippen LogP contribution is 2.26. The molecule has 1 fully saturated rings. The molecule has 1 N–H and O–H groups in total. The fraction of sp³-hybridized carbons (Fsp3) is 0.500. The van der Waals surface area contributed by atoms with Crippen LogP contribution in [0.4, 0.5) is 5.13 Å². The largest absolute Gasteiger partial charge is 0.475 e. The smallest absolute Gasteiger partial charge is 0.257 e. The third-order valence-corrected chi connectivity index (χ3v) is 4.17. The third kappa shape index (κ3) is 4.41. The van der Waals surface area contributed by atoms with Crippen LogP contribution < -0.4 is 14.8 Å². The molecule has 2 heterocycles. The average Bonchev–Trinajstić information content (AvgIpc) is 3.20. The summed E-state index contributed by atoms with van der Waals surface area (Å²) in [6, 6.07) is 3.25. The molecule has 1 aliphatic carbocycles. The molecule has 0 spiro atoms. The molecule has 7 nitrogen and oxygen atoms in total. The minimum absolute atomic E-state index is 0.0432. The van der Waals surface area contributed by atoms with E-state index in [0.717, 1.165) is 25.7 Å². The lowest BCUT2D eigenvalue weighted by Gasteiger charge is -2.15. The number of hydrogen-bond acceptors (Lipinski definition) is 7. The minimum Gasteiger partial charge on any atom is -0.475 e. The highest BCUT2D eigenvalue weighted by molar-refractivity contribution is 7.13. The minimum atomic E-state index is -0.293. The van der Waals surface area contributed by atoms with Crippen molar-refractivity contribution >= 4 is 22.4 Å². The predicted molar refractivity (Wildman–Crippen MR) is 90.7 cm³/mol. The van der Waals surface area contributed by atoms with Gasteiger partial charge in [-0.3, -0.25) is 10.1 Å². The van der Waals surface area contributed by atoms with E-state index >= 15 is 0 Å². The molecule has 2 aromatic heterocycles. The van der Waals surface area contributed by atoms with E-state index in [4.69, 9.17) is 9.47 Å². The lowest BCUT2D eigenvalue weighted by atomic mass is 10.2. The van der Waals surface area contributed by atoms with Crippen molar-refractivity contribution in [2.24, 2.45) is 0 Å². The SMILES string of the molecule is CC(C)Oc1cc(C(=O)Nc2nncs2)cc(OC2CCCC2)n1. The molecule has 3 rings (SSSR count). The number of hydrogen-bond donors (Lipinski definition) is 1. The number of ether oxygens (including phenoxy) is 2. The van der Waals surface area contributed by atoms with Gasteiger partial charge in [-0.15, -0.1) is 10.2 Å². The van der Waals surface area contributed by atoms with Gasteiger partial charge in [-0.2, -0.15) is 4.98 Å². The predicted octanol–water partition coefficient (Wildman–Crippen LogP) is 3.29. The highest BCUT2D eigenvalue weighted by Gasteiger charge is 2.19. The number of nitrogens with zero attached hydrogens (tertiary/aromatic N) is 3. The van der Waals surface area contributed by atoms with Gasteiger partial charge in [0.2, 0.25) is 16.9 Å². The molecule has 0 atom stereocenters. The Hall–Kier alpha value is -2.22. The molecular weight excluding hydrogens is 328 g/mol. The molecule has 1 amide bonds. The first-order chi connectivity index (χ1) is 11.6. The first-order valence-electron chi connectivity index (χ1n) is 8.03. The molecule has 1 saturated carbocycles. The van der Waals surface area contributed by atoms with Crippen molar-refractivity contribution in [2.75, 3.05) is 5.32 Å². The fourth-order valence-corrected chi connectivity index (χ4v) is 2.99. The van der Waals surface area contributed by atoms with E-state index in [9.17, 15) is 4.79 Å². The quantitative estimate of drug-likeness (QED) is 0.862. The number of pyridine rings is 1. The summed E-state index contributed by atoms with van der Waals surface area (Å²) >= 11 is 1.26. The molecule has 0 aliphatic heterocycles. The summed E-state index contributed by atoms with van der Waals surface area (Å²) in [6.07, 6.45) is 4.48. The van der Waals surface area contributed by atoms with Gasteiger partial charge in [-0.05, 0) is 39.5 Å². The number of rotatable bonds is 6. The zero-order valence-electron chi connectivity index (χ0n) is 13.7. The van der Waals surface area contributed by atoms with Crippen molar-refractivity contribution < 1.29 is 14.3 Å². The van der Waals surface area contributed by atoms with Gasteiger partial charge in [0.1, 0.15) is 11.6 Å². The van der Waals surface area contributed by atoms with Crippen LogP contribution in [-0.4, -0.2) is 33.3 Å². The van der Waals surface area contributed by atoms with Crippen molar-refractivity contribution in [1.29, 1.82) is 0 Å². The Balaban J connectivity index is 1.81. The maximum absolute atomic E-state index is 12.4. The topological polar surface area (TPSA) is 86.2 Å². The summed E-state index contributed by atoms with van der Waals surface area (Å²) in [6.45, 7) is 3.82. The third-order valence-electron chi connectivity index (χ3n) is 3.57. The summed E-state index contributed by atoms with van der Waals surface area (Å²) in [5.41, 5.74) is 1.98. The van der Waals surface area contributed by atoms with E-state index in [1.165, 1.54) is 11.3 Å². The first-order valence-corrected chi connectivity index (χ1v) is 8.91. The van der Waals surface area contributed by atoms with Crippen LogP contribution >= 0.6 is 11.3 Å². The molecule has 0 bridgehead atoms. The standard InChI is InChI=1S/C16H20N4O3S/c1-10(2)22-13-7-11(15(21)19-16-20-17-9-24-16)8-14(18-13)23-12-5-3-4-6-12/h7-10,12H,3-6H2,1-2H3,(H,19,20,21). The van der Waals surface area contributed by atoms with Crippen LogP contribution in [0.25, 0.3) is 0 Å². The number of amides is 1. The Morgan fingerprint density at radius 2 is 2.04 bits per heavy atom. The van der Waals surface area contributed by atoms with Gasteiger partial charge in [0.15, 0.2) is 0 Å². The van der Waals surface area contributed by atoms with Crippen LogP contribution in [0.15, 0.2) is 17.6 Å². The Labute approximate surface area is 144 Å². The fourth-order valence-electron chi connectivity index (χ4n) is 2.55. The molecule has 0 unspecified atom stereocenters. The Morgan fingerprint density at radius 3 is 2.71 bits per heavy atom. The normalized spacial score (nSPS) is 14.8. The molecule has 0 aromatic carbocycles. The number of nitrogens with one attached hydrogen (secondary N) is 1. The second-order valence-electron chi connectivity index (χ2n) is 5.92. The summed E-state index contributed by atoms with van der Waals surface area (Å²) < 4.78 is 11.6. The molecule has 128 valence electrons. The van der Waals surface area contributed by atoms with Gasteiger partial charge in [-0.1, -0.05) is 11.3 Å². The monoisotopic (exact) mass is 348 g/mol. The molecule has 2 aromatic rings. The van der Waals surface area contributed by atoms with E-state index < -0.39 is 0 Å². The maximum atomic E-state index is 12.4. The van der Waals surface area contributed by atoms with Crippen LogP contribution in [0.2, 0.25) is 0 Å². The van der Waals surface area contributed by atoms with Gasteiger partial charge < -0.3 is 9.47 Å². The molecule has 1 aliphatic rings. The molecule has 24 heavy (non-hydrogen) atoms. The Morgan fingerprint density at radius 1 is 1.29 bits per heavy atom. The lowest BCUT2D eigenvalue weighted by Crippen LogP contribution is -2.16. The van der Waals surface area contributed by atoms with Crippen LogP contribution in [0.1, 0.15) is 49.9 Å². The summed E-state index contributed by atoms with van der Waals surface area (Å²) in [7, 11) is 0. The van der Waals surface area contributed by atoms with Crippen molar-refractivity contribution in [3.8, 4) is 11.8 Å². The van der Waals surface area contributed by atoms with Crippen LogP contribution in [0, 0.1) is 0 Å². The molecule has 0 saturated heterocycles. The van der Waals surface area contributed by atoms with Crippen LogP contribution in [0.3, 0.4) is 0 Å². The van der Waals surface area contributed by atoms with Gasteiger partial charge in [0, 0.05) is 12.1 Å². The second kappa shape index (κ2) is 7.57. The second-order valence-corrected chi connectivity index (χ2v) is 6.75. The van der Waals surface area contributed by atoms with Crippen LogP contribution in [-0.2, 0) is 0 Å². The van der Waals surface area contributed by atoms with Crippen molar-refractivity contribution in [3.05, 3.63) is 23.2 Å². The lowest BCUT2D eigenvalue weighted by molar-refractivity contribution is 0.102. The maximum Gasteiger partial charge on any atom is 0.257 e. The van der Waals surface area contributed by atoms with E-state index in [1.54, 1.807) is 17.6 Å². The van der Waals surface area contributed by atoms with Crippen LogP contribution in [0.5, 0.6) is 11.8 Å². The highest BCUT2D eigenvalue weighted by atomic mass is 32.1. The summed E-state index contributed by atoms with van der Waals surface area (Å²) in [5.74, 6) is 0.504. The Bertz CT molecular complexity index is 685. The summed E-state index contributed by atoms with van der Waals surface area (Å²) in [4.78, 5) is 16.8. The molecule has 8 heteroatoms. The number of anilines is 1. The van der Waals surface area contributed by atoms with Gasteiger partial charge >= 0.3 is 0 Å². The van der Waals surface area contributed by atoms with Gasteiger partial charge in [-0.25, -0.2) is 0 Å². The molecular formula is C16H20N4O3S. The van der Waals surface area contributed by atoms with E-state index in [1.807, 2.05) is 13.8 Å². The number of carbonyl (C=O) groups excluding carboxylic acids is 1. The number of carbonyl (C=O) groups is 1. The van der Waals surface area contributed by atoms with Crippen molar-refractivity contribution in [1.82, 2.24) is 15.2 Å². The number of aromatic nitrogens is 3. The van der Waals surface area contributed by atoms with E-state index in [2.05, 4.69) is 20.5 Å². The molecule has 0 radical (unpaired) electrons. The van der Waals surface area contributed by atoms with Crippen molar-refractivity contribution in [2.45, 2.75) is 51.7 Å². The van der Waals surface area contributed by atoms with Crippen molar-refractivity contribution in [3.63, 3.8) is 0 Å². The summed E-state index contributed by atoms with van der Waals surface area (Å²) in [5, 5.41) is 10.7. The zero-order valence-corrected chi connectivity index (χ0v) is 14.5. The van der Waals surface area contributed by atoms with Gasteiger partial charge in [0.25, 0.3) is 5.91 Å². The zero-order chi connectivity index (χ0) is 16.9. The average molecular weight is 348 g/mol. The van der Waals surface area contributed by atoms with E-state index in [0.29, 0.717) is 22.5 Å². The Kier molecular flexibility index (Phi) is 5.24. The van der Waals surface area contributed by atoms with Gasteiger partial charge in [0.05, 0.1) is 11.7 Å². The van der Waals surface area contributed by atoms with E-state index in [-0.39, 0.29) is 18.1 Å².